The van der Waals surface area contributed by atoms with Crippen molar-refractivity contribution in [3.05, 3.63) is 17.3 Å². The quantitative estimate of drug-likeness (QED) is 0.920. The largest absolute Gasteiger partial charge is 0.369 e. The zero-order valence-corrected chi connectivity index (χ0v) is 14.2. The van der Waals surface area contributed by atoms with Crippen LogP contribution in [0.25, 0.3) is 0 Å². The van der Waals surface area contributed by atoms with Gasteiger partial charge in [-0.05, 0) is 39.7 Å². The molecule has 0 aliphatic carbocycles. The van der Waals surface area contributed by atoms with E-state index in [1.54, 1.807) is 4.31 Å². The van der Waals surface area contributed by atoms with Crippen molar-refractivity contribution in [3.8, 4) is 0 Å². The molecule has 0 spiro atoms. The van der Waals surface area contributed by atoms with Gasteiger partial charge in [0.05, 0.1) is 5.02 Å². The fourth-order valence-corrected chi connectivity index (χ4v) is 5.00. The molecule has 21 heavy (non-hydrogen) atoms. The molecular formula is C14H22ClN3O2S. The van der Waals surface area contributed by atoms with Crippen molar-refractivity contribution in [2.75, 3.05) is 11.9 Å². The topological polar surface area (TPSA) is 62.3 Å². The maximum Gasteiger partial charge on any atom is 0.245 e. The van der Waals surface area contributed by atoms with Gasteiger partial charge in [0.25, 0.3) is 0 Å². The molecule has 0 amide bonds. The van der Waals surface area contributed by atoms with Crippen LogP contribution >= 0.6 is 11.6 Å². The summed E-state index contributed by atoms with van der Waals surface area (Å²) in [4.78, 5) is 4.29. The first kappa shape index (κ1) is 16.5. The van der Waals surface area contributed by atoms with E-state index >= 15 is 0 Å². The van der Waals surface area contributed by atoms with Gasteiger partial charge in [-0.25, -0.2) is 13.4 Å². The molecule has 1 aromatic rings. The average molecular weight is 332 g/mol. The molecule has 0 bridgehead atoms. The van der Waals surface area contributed by atoms with Gasteiger partial charge in [0.2, 0.25) is 10.0 Å². The van der Waals surface area contributed by atoms with Crippen molar-refractivity contribution in [2.24, 2.45) is 0 Å². The predicted octanol–water partition coefficient (Wildman–Crippen LogP) is 3.12. The fourth-order valence-electron chi connectivity index (χ4n) is 2.85. The Labute approximate surface area is 131 Å². The fraction of sp³-hybridized carbons (Fsp3) is 0.643. The number of nitrogens with zero attached hydrogens (tertiary/aromatic N) is 2. The molecule has 2 unspecified atom stereocenters. The van der Waals surface area contributed by atoms with Gasteiger partial charge in [-0.3, -0.25) is 0 Å². The van der Waals surface area contributed by atoms with Crippen LogP contribution in [0.1, 0.15) is 40.0 Å². The molecule has 2 rings (SSSR count). The van der Waals surface area contributed by atoms with Crippen LogP contribution in [0.15, 0.2) is 17.2 Å². The summed E-state index contributed by atoms with van der Waals surface area (Å²) < 4.78 is 27.3. The lowest BCUT2D eigenvalue weighted by atomic mass is 10.0. The lowest BCUT2D eigenvalue weighted by Gasteiger charge is -2.37. The van der Waals surface area contributed by atoms with Crippen LogP contribution in [-0.2, 0) is 10.0 Å². The molecule has 1 aliphatic heterocycles. The van der Waals surface area contributed by atoms with Crippen molar-refractivity contribution < 1.29 is 8.42 Å². The van der Waals surface area contributed by atoms with E-state index in [4.69, 9.17) is 11.6 Å². The molecule has 1 saturated heterocycles. The number of pyridine rings is 1. The number of piperidine rings is 1. The molecule has 7 heteroatoms. The van der Waals surface area contributed by atoms with Gasteiger partial charge in [-0.2, -0.15) is 4.31 Å². The average Bonchev–Trinajstić information content (AvgIpc) is 2.40. The number of nitrogens with one attached hydrogen (secondary N) is 1. The maximum atomic E-state index is 12.8. The minimum Gasteiger partial charge on any atom is -0.369 e. The molecule has 118 valence electrons. The molecule has 5 nitrogen and oxygen atoms in total. The number of rotatable bonds is 4. The third-order valence-electron chi connectivity index (χ3n) is 3.85. The highest BCUT2D eigenvalue weighted by atomic mass is 35.5. The number of anilines is 1. The molecule has 0 saturated carbocycles. The highest BCUT2D eigenvalue weighted by molar-refractivity contribution is 7.89. The van der Waals surface area contributed by atoms with Crippen LogP contribution in [0.5, 0.6) is 0 Å². The Balaban J connectivity index is 2.37. The zero-order chi connectivity index (χ0) is 15.6. The number of sulfonamides is 1. The summed E-state index contributed by atoms with van der Waals surface area (Å²) in [6.45, 7) is 6.52. The lowest BCUT2D eigenvalue weighted by Crippen LogP contribution is -2.47. The van der Waals surface area contributed by atoms with Crippen LogP contribution < -0.4 is 5.32 Å². The predicted molar refractivity (Wildman–Crippen MR) is 85.2 cm³/mol. The lowest BCUT2D eigenvalue weighted by molar-refractivity contribution is 0.204. The van der Waals surface area contributed by atoms with E-state index in [2.05, 4.69) is 10.3 Å². The number of hydrogen-bond donors (Lipinski definition) is 1. The summed E-state index contributed by atoms with van der Waals surface area (Å²) >= 11 is 6.12. The highest BCUT2D eigenvalue weighted by Gasteiger charge is 2.36. The highest BCUT2D eigenvalue weighted by Crippen LogP contribution is 2.31. The summed E-state index contributed by atoms with van der Waals surface area (Å²) in [6.07, 6.45) is 4.22. The second kappa shape index (κ2) is 6.50. The SMILES string of the molecule is CCNc1ncc(S(=O)(=O)N2C(C)CCCC2C)cc1Cl. The molecule has 1 N–H and O–H groups in total. The van der Waals surface area contributed by atoms with E-state index in [0.717, 1.165) is 19.3 Å². The van der Waals surface area contributed by atoms with Crippen LogP contribution in [0.3, 0.4) is 0 Å². The van der Waals surface area contributed by atoms with E-state index in [0.29, 0.717) is 17.4 Å². The van der Waals surface area contributed by atoms with Crippen LogP contribution in [0.4, 0.5) is 5.82 Å². The van der Waals surface area contributed by atoms with E-state index in [1.165, 1.54) is 12.3 Å². The molecule has 2 heterocycles. The van der Waals surface area contributed by atoms with Crippen LogP contribution in [0, 0.1) is 0 Å². The van der Waals surface area contributed by atoms with Gasteiger partial charge < -0.3 is 5.32 Å². The maximum absolute atomic E-state index is 12.8. The number of halogens is 1. The molecule has 2 atom stereocenters. The summed E-state index contributed by atoms with van der Waals surface area (Å²) in [5.74, 6) is 0.512. The summed E-state index contributed by atoms with van der Waals surface area (Å²) in [6, 6.07) is 1.49. The number of aromatic nitrogens is 1. The van der Waals surface area contributed by atoms with Crippen molar-refractivity contribution in [3.63, 3.8) is 0 Å². The van der Waals surface area contributed by atoms with E-state index < -0.39 is 10.0 Å². The van der Waals surface area contributed by atoms with Crippen molar-refractivity contribution in [1.29, 1.82) is 0 Å². The monoisotopic (exact) mass is 331 g/mol. The van der Waals surface area contributed by atoms with E-state index in [9.17, 15) is 8.42 Å². The Hall–Kier alpha value is -0.850. The first-order valence-electron chi connectivity index (χ1n) is 7.31. The third kappa shape index (κ3) is 3.33. The van der Waals surface area contributed by atoms with Gasteiger partial charge in [0.15, 0.2) is 0 Å². The Morgan fingerprint density at radius 1 is 1.38 bits per heavy atom. The first-order valence-corrected chi connectivity index (χ1v) is 9.12. The van der Waals surface area contributed by atoms with Gasteiger partial charge in [0, 0.05) is 24.8 Å². The van der Waals surface area contributed by atoms with Gasteiger partial charge >= 0.3 is 0 Å². The summed E-state index contributed by atoms with van der Waals surface area (Å²) in [7, 11) is -3.56. The zero-order valence-electron chi connectivity index (χ0n) is 12.6. The minimum atomic E-state index is -3.56. The molecule has 0 radical (unpaired) electrons. The van der Waals surface area contributed by atoms with Crippen LogP contribution in [-0.4, -0.2) is 36.3 Å². The van der Waals surface area contributed by atoms with Gasteiger partial charge in [-0.1, -0.05) is 18.0 Å². The van der Waals surface area contributed by atoms with Crippen molar-refractivity contribution in [2.45, 2.75) is 57.0 Å². The third-order valence-corrected chi connectivity index (χ3v) is 6.23. The molecule has 1 aliphatic rings. The van der Waals surface area contributed by atoms with Crippen molar-refractivity contribution in [1.82, 2.24) is 9.29 Å². The standard InChI is InChI=1S/C14H22ClN3O2S/c1-4-16-14-13(15)8-12(9-17-14)21(19,20)18-10(2)6-5-7-11(18)3/h8-11H,4-7H2,1-3H3,(H,16,17). The number of hydrogen-bond acceptors (Lipinski definition) is 4. The molecule has 1 fully saturated rings. The van der Waals surface area contributed by atoms with Gasteiger partial charge in [-0.15, -0.1) is 0 Å². The Morgan fingerprint density at radius 3 is 2.52 bits per heavy atom. The van der Waals surface area contributed by atoms with Gasteiger partial charge in [0.1, 0.15) is 10.7 Å². The normalized spacial score (nSPS) is 24.0. The second-order valence-electron chi connectivity index (χ2n) is 5.50. The summed E-state index contributed by atoms with van der Waals surface area (Å²) in [5.41, 5.74) is 0. The first-order chi connectivity index (χ1) is 9.87. The van der Waals surface area contributed by atoms with E-state index in [1.807, 2.05) is 20.8 Å². The second-order valence-corrected chi connectivity index (χ2v) is 7.75. The molecular weight excluding hydrogens is 310 g/mol. The Bertz CT molecular complexity index is 596. The smallest absolute Gasteiger partial charge is 0.245 e. The Kier molecular flexibility index (Phi) is 5.11. The molecule has 1 aromatic heterocycles. The summed E-state index contributed by atoms with van der Waals surface area (Å²) in [5, 5.41) is 3.33. The van der Waals surface area contributed by atoms with Crippen LogP contribution in [0.2, 0.25) is 5.02 Å². The van der Waals surface area contributed by atoms with Crippen molar-refractivity contribution >= 4 is 27.4 Å². The van der Waals surface area contributed by atoms with E-state index in [-0.39, 0.29) is 17.0 Å². The minimum absolute atomic E-state index is 0.00553. The molecule has 0 aromatic carbocycles. The Morgan fingerprint density at radius 2 is 2.00 bits per heavy atom.